The van der Waals surface area contributed by atoms with Gasteiger partial charge in [0.05, 0.1) is 12.7 Å². The number of fused-ring (bicyclic) bond motifs is 1. The zero-order valence-electron chi connectivity index (χ0n) is 16.7. The highest BCUT2D eigenvalue weighted by molar-refractivity contribution is 5.87. The van der Waals surface area contributed by atoms with E-state index in [-0.39, 0.29) is 0 Å². The van der Waals surface area contributed by atoms with E-state index < -0.39 is 0 Å². The molecule has 0 saturated carbocycles. The third-order valence-electron chi connectivity index (χ3n) is 5.12. The lowest BCUT2D eigenvalue weighted by molar-refractivity contribution is -0.686. The molecule has 3 nitrogen and oxygen atoms in total. The third-order valence-corrected chi connectivity index (χ3v) is 5.12. The maximum absolute atomic E-state index is 6.23. The average molecular weight is 384 g/mol. The standard InChI is InChI=1S/C26H25NO2/c1-28-23-14-11-20(12-15-23)17-27-18-25-24-10-6-5-9-22(24)13-16-26(25)29-19-21-7-3-2-4-8-21/h2-16,27H,17-19H2,1H3/p+1. The summed E-state index contributed by atoms with van der Waals surface area (Å²) in [6, 6.07) is 31.3. The van der Waals surface area contributed by atoms with Gasteiger partial charge in [0.2, 0.25) is 0 Å². The molecular formula is C26H26NO2+. The number of nitrogens with two attached hydrogens (primary N) is 1. The Bertz CT molecular complexity index is 1060. The van der Waals surface area contributed by atoms with Crippen LogP contribution in [0.1, 0.15) is 16.7 Å². The molecule has 2 N–H and O–H groups in total. The van der Waals surface area contributed by atoms with Crippen LogP contribution in [0.3, 0.4) is 0 Å². The molecule has 3 heteroatoms. The second-order valence-electron chi connectivity index (χ2n) is 7.08. The molecule has 0 unspecified atom stereocenters. The van der Waals surface area contributed by atoms with Gasteiger partial charge in [-0.05, 0) is 46.7 Å². The van der Waals surface area contributed by atoms with Crippen molar-refractivity contribution < 1.29 is 14.8 Å². The van der Waals surface area contributed by atoms with Gasteiger partial charge in [0.15, 0.2) is 0 Å². The molecule has 29 heavy (non-hydrogen) atoms. The van der Waals surface area contributed by atoms with Crippen molar-refractivity contribution in [3.05, 3.63) is 108 Å². The van der Waals surface area contributed by atoms with Crippen LogP contribution >= 0.6 is 0 Å². The van der Waals surface area contributed by atoms with Crippen molar-refractivity contribution in [1.29, 1.82) is 0 Å². The maximum atomic E-state index is 6.23. The van der Waals surface area contributed by atoms with Crippen molar-refractivity contribution in [1.82, 2.24) is 0 Å². The molecule has 4 aromatic carbocycles. The van der Waals surface area contributed by atoms with E-state index in [1.165, 1.54) is 27.5 Å². The summed E-state index contributed by atoms with van der Waals surface area (Å²) in [7, 11) is 1.69. The van der Waals surface area contributed by atoms with E-state index in [9.17, 15) is 0 Å². The Balaban J connectivity index is 1.51. The predicted octanol–water partition coefficient (Wildman–Crippen LogP) is 4.69. The van der Waals surface area contributed by atoms with Crippen LogP contribution in [0.2, 0.25) is 0 Å². The Kier molecular flexibility index (Phi) is 6.08. The second-order valence-corrected chi connectivity index (χ2v) is 7.08. The largest absolute Gasteiger partial charge is 0.497 e. The van der Waals surface area contributed by atoms with Gasteiger partial charge in [0.25, 0.3) is 0 Å². The Hall–Kier alpha value is -3.30. The van der Waals surface area contributed by atoms with Gasteiger partial charge < -0.3 is 14.8 Å². The quantitative estimate of drug-likeness (QED) is 0.478. The van der Waals surface area contributed by atoms with Gasteiger partial charge in [-0.2, -0.15) is 0 Å². The smallest absolute Gasteiger partial charge is 0.129 e. The van der Waals surface area contributed by atoms with Crippen molar-refractivity contribution in [3.63, 3.8) is 0 Å². The molecule has 0 aliphatic heterocycles. The highest BCUT2D eigenvalue weighted by atomic mass is 16.5. The van der Waals surface area contributed by atoms with E-state index in [0.717, 1.165) is 24.6 Å². The number of benzene rings is 4. The predicted molar refractivity (Wildman–Crippen MR) is 117 cm³/mol. The van der Waals surface area contributed by atoms with Crippen LogP contribution in [0.5, 0.6) is 11.5 Å². The first kappa shape index (κ1) is 19.0. The summed E-state index contributed by atoms with van der Waals surface area (Å²) in [5.41, 5.74) is 3.69. The van der Waals surface area contributed by atoms with Gasteiger partial charge in [-0.1, -0.05) is 60.7 Å². The molecule has 4 aromatic rings. The SMILES string of the molecule is COc1ccc(C[NH2+]Cc2c(OCc3ccccc3)ccc3ccccc23)cc1. The molecule has 0 radical (unpaired) electrons. The van der Waals surface area contributed by atoms with E-state index in [0.29, 0.717) is 6.61 Å². The summed E-state index contributed by atoms with van der Waals surface area (Å²) in [5.74, 6) is 1.85. The zero-order valence-corrected chi connectivity index (χ0v) is 16.7. The molecule has 0 spiro atoms. The van der Waals surface area contributed by atoms with Crippen LogP contribution in [0.15, 0.2) is 91.0 Å². The Morgan fingerprint density at radius 2 is 1.45 bits per heavy atom. The first-order valence-electron chi connectivity index (χ1n) is 9.95. The van der Waals surface area contributed by atoms with E-state index in [2.05, 4.69) is 66.0 Å². The summed E-state index contributed by atoms with van der Waals surface area (Å²) < 4.78 is 11.5. The van der Waals surface area contributed by atoms with Crippen LogP contribution < -0.4 is 14.8 Å². The molecule has 0 amide bonds. The average Bonchev–Trinajstić information content (AvgIpc) is 2.79. The first-order valence-corrected chi connectivity index (χ1v) is 9.95. The highest BCUT2D eigenvalue weighted by Crippen LogP contribution is 2.28. The lowest BCUT2D eigenvalue weighted by atomic mass is 10.0. The number of rotatable bonds is 8. The van der Waals surface area contributed by atoms with E-state index in [1.54, 1.807) is 7.11 Å². The summed E-state index contributed by atoms with van der Waals surface area (Å²) in [6.45, 7) is 2.34. The van der Waals surface area contributed by atoms with Crippen molar-refractivity contribution in [2.24, 2.45) is 0 Å². The maximum Gasteiger partial charge on any atom is 0.129 e. The van der Waals surface area contributed by atoms with Gasteiger partial charge >= 0.3 is 0 Å². The summed E-state index contributed by atoms with van der Waals surface area (Å²) in [6.07, 6.45) is 0. The third kappa shape index (κ3) is 4.76. The van der Waals surface area contributed by atoms with Gasteiger partial charge in [0.1, 0.15) is 31.2 Å². The molecule has 4 rings (SSSR count). The van der Waals surface area contributed by atoms with Gasteiger partial charge in [-0.25, -0.2) is 0 Å². The van der Waals surface area contributed by atoms with E-state index in [4.69, 9.17) is 9.47 Å². The fourth-order valence-corrected chi connectivity index (χ4v) is 3.54. The Labute approximate surface area is 171 Å². The molecule has 0 aliphatic rings. The van der Waals surface area contributed by atoms with Crippen LogP contribution in [-0.4, -0.2) is 7.11 Å². The minimum Gasteiger partial charge on any atom is -0.497 e. The molecular weight excluding hydrogens is 358 g/mol. The molecule has 146 valence electrons. The number of ether oxygens (including phenoxy) is 2. The minimum absolute atomic E-state index is 0.574. The van der Waals surface area contributed by atoms with Crippen molar-refractivity contribution in [2.75, 3.05) is 7.11 Å². The number of quaternary nitrogens is 1. The second kappa shape index (κ2) is 9.26. The lowest BCUT2D eigenvalue weighted by Crippen LogP contribution is -2.80. The monoisotopic (exact) mass is 384 g/mol. The molecule has 0 bridgehead atoms. The minimum atomic E-state index is 0.574. The lowest BCUT2D eigenvalue weighted by Gasteiger charge is -2.14. The molecule has 0 aromatic heterocycles. The fraction of sp³-hybridized carbons (Fsp3) is 0.154. The van der Waals surface area contributed by atoms with Crippen LogP contribution in [-0.2, 0) is 19.7 Å². The summed E-state index contributed by atoms with van der Waals surface area (Å²) >= 11 is 0. The van der Waals surface area contributed by atoms with Crippen molar-refractivity contribution >= 4 is 10.8 Å². The first-order chi connectivity index (χ1) is 14.3. The van der Waals surface area contributed by atoms with Gasteiger partial charge in [-0.15, -0.1) is 0 Å². The van der Waals surface area contributed by atoms with Crippen molar-refractivity contribution in [2.45, 2.75) is 19.7 Å². The van der Waals surface area contributed by atoms with Gasteiger partial charge in [0, 0.05) is 5.56 Å². The molecule has 0 fully saturated rings. The fourth-order valence-electron chi connectivity index (χ4n) is 3.54. The molecule has 0 aliphatic carbocycles. The van der Waals surface area contributed by atoms with Gasteiger partial charge in [-0.3, -0.25) is 0 Å². The molecule has 0 saturated heterocycles. The van der Waals surface area contributed by atoms with Crippen LogP contribution in [0, 0.1) is 0 Å². The zero-order chi connectivity index (χ0) is 19.9. The summed E-state index contributed by atoms with van der Waals surface area (Å²) in [4.78, 5) is 0. The molecule has 0 heterocycles. The highest BCUT2D eigenvalue weighted by Gasteiger charge is 2.11. The van der Waals surface area contributed by atoms with Crippen LogP contribution in [0.4, 0.5) is 0 Å². The Morgan fingerprint density at radius 3 is 2.24 bits per heavy atom. The van der Waals surface area contributed by atoms with Crippen LogP contribution in [0.25, 0.3) is 10.8 Å². The van der Waals surface area contributed by atoms with E-state index >= 15 is 0 Å². The number of hydrogen-bond donors (Lipinski definition) is 1. The summed E-state index contributed by atoms with van der Waals surface area (Å²) in [5, 5.41) is 4.82. The number of methoxy groups -OCH3 is 1. The normalized spacial score (nSPS) is 10.8. The van der Waals surface area contributed by atoms with E-state index in [1.807, 2.05) is 30.3 Å². The number of hydrogen-bond acceptors (Lipinski definition) is 2. The molecule has 0 atom stereocenters. The topological polar surface area (TPSA) is 35.1 Å². The van der Waals surface area contributed by atoms with Crippen molar-refractivity contribution in [3.8, 4) is 11.5 Å². The Morgan fingerprint density at radius 1 is 0.690 bits per heavy atom.